The second-order valence-corrected chi connectivity index (χ2v) is 15.1. The molecule has 0 radical (unpaired) electrons. The standard InChI is InChI=1S/C34H33Cl4N3O4S/c1-34(2,3)39-33(43)31(19-23-11-6-4-7-12-23)40(21-26-27(36)15-10-16-28(26)37)32(42)22-41(30-18-17-24(35)20-29(30)38)46(44,45)25-13-8-5-9-14-25/h4-18,20,31H,19,21-22H2,1-3H3,(H,39,43). The Bertz CT molecular complexity index is 1780. The number of benzene rings is 4. The summed E-state index contributed by atoms with van der Waals surface area (Å²) in [4.78, 5) is 29.9. The third kappa shape index (κ3) is 8.96. The van der Waals surface area contributed by atoms with Gasteiger partial charge in [-0.15, -0.1) is 0 Å². The van der Waals surface area contributed by atoms with Gasteiger partial charge in [-0.25, -0.2) is 8.42 Å². The van der Waals surface area contributed by atoms with Gasteiger partial charge in [0, 0.05) is 39.1 Å². The summed E-state index contributed by atoms with van der Waals surface area (Å²) < 4.78 is 29.2. The van der Waals surface area contributed by atoms with Gasteiger partial charge in [0.05, 0.1) is 15.6 Å². The summed E-state index contributed by atoms with van der Waals surface area (Å²) in [6.07, 6.45) is 0.129. The molecular formula is C34H33Cl4N3O4S. The Balaban J connectivity index is 1.87. The largest absolute Gasteiger partial charge is 0.350 e. The minimum Gasteiger partial charge on any atom is -0.350 e. The Morgan fingerprint density at radius 3 is 1.93 bits per heavy atom. The van der Waals surface area contributed by atoms with Gasteiger partial charge in [0.25, 0.3) is 10.0 Å². The molecule has 0 bridgehead atoms. The molecule has 1 unspecified atom stereocenters. The number of hydrogen-bond acceptors (Lipinski definition) is 4. The van der Waals surface area contributed by atoms with E-state index in [0.29, 0.717) is 5.56 Å². The van der Waals surface area contributed by atoms with E-state index >= 15 is 0 Å². The van der Waals surface area contributed by atoms with Gasteiger partial charge >= 0.3 is 0 Å². The molecule has 2 amide bonds. The first-order valence-corrected chi connectivity index (χ1v) is 17.2. The number of hydrogen-bond donors (Lipinski definition) is 1. The van der Waals surface area contributed by atoms with Gasteiger partial charge in [-0.1, -0.05) is 101 Å². The summed E-state index contributed by atoms with van der Waals surface area (Å²) in [7, 11) is -4.34. The van der Waals surface area contributed by atoms with E-state index in [9.17, 15) is 18.0 Å². The van der Waals surface area contributed by atoms with Crippen LogP contribution in [0.15, 0.2) is 102 Å². The number of rotatable bonds is 11. The number of carbonyl (C=O) groups is 2. The van der Waals surface area contributed by atoms with Crippen molar-refractivity contribution in [2.75, 3.05) is 10.8 Å². The van der Waals surface area contributed by atoms with E-state index in [2.05, 4.69) is 5.32 Å². The summed E-state index contributed by atoms with van der Waals surface area (Å²) >= 11 is 25.8. The lowest BCUT2D eigenvalue weighted by atomic mass is 10.0. The van der Waals surface area contributed by atoms with E-state index in [1.54, 1.807) is 36.4 Å². The van der Waals surface area contributed by atoms with E-state index in [4.69, 9.17) is 46.4 Å². The molecule has 4 aromatic rings. The Morgan fingerprint density at radius 2 is 1.37 bits per heavy atom. The third-order valence-corrected chi connectivity index (χ3v) is 9.97. The molecule has 0 aliphatic heterocycles. The Morgan fingerprint density at radius 1 is 0.783 bits per heavy atom. The number of sulfonamides is 1. The van der Waals surface area contributed by atoms with Crippen LogP contribution in [-0.2, 0) is 32.6 Å². The average molecular weight is 722 g/mol. The van der Waals surface area contributed by atoms with Gasteiger partial charge in [0.1, 0.15) is 12.6 Å². The third-order valence-electron chi connectivity index (χ3n) is 6.95. The molecule has 4 rings (SSSR count). The maximum atomic E-state index is 14.6. The molecule has 0 spiro atoms. The maximum absolute atomic E-state index is 14.6. The van der Waals surface area contributed by atoms with Crippen LogP contribution < -0.4 is 9.62 Å². The topological polar surface area (TPSA) is 86.8 Å². The van der Waals surface area contributed by atoms with E-state index in [1.807, 2.05) is 51.1 Å². The number of anilines is 1. The van der Waals surface area contributed by atoms with Crippen LogP contribution >= 0.6 is 46.4 Å². The second kappa shape index (κ2) is 15.1. The molecular weight excluding hydrogens is 688 g/mol. The van der Waals surface area contributed by atoms with Crippen LogP contribution in [0.25, 0.3) is 0 Å². The van der Waals surface area contributed by atoms with Crippen molar-refractivity contribution in [2.24, 2.45) is 0 Å². The fraction of sp³-hybridized carbons (Fsp3) is 0.235. The van der Waals surface area contributed by atoms with E-state index in [1.165, 1.54) is 35.2 Å². The first-order valence-electron chi connectivity index (χ1n) is 14.3. The lowest BCUT2D eigenvalue weighted by molar-refractivity contribution is -0.140. The minimum absolute atomic E-state index is 0.0202. The number of amides is 2. The van der Waals surface area contributed by atoms with Gasteiger partial charge in [-0.2, -0.15) is 0 Å². The lowest BCUT2D eigenvalue weighted by Crippen LogP contribution is -2.56. The summed E-state index contributed by atoms with van der Waals surface area (Å²) in [5, 5.41) is 3.86. The fourth-order valence-electron chi connectivity index (χ4n) is 4.78. The maximum Gasteiger partial charge on any atom is 0.264 e. The number of nitrogens with zero attached hydrogens (tertiary/aromatic N) is 2. The van der Waals surface area contributed by atoms with Gasteiger partial charge in [-0.05, 0) is 68.8 Å². The Hall–Kier alpha value is -3.27. The van der Waals surface area contributed by atoms with Crippen LogP contribution in [0.3, 0.4) is 0 Å². The quantitative estimate of drug-likeness (QED) is 0.170. The van der Waals surface area contributed by atoms with E-state index < -0.39 is 40.0 Å². The fourth-order valence-corrected chi connectivity index (χ4v) is 7.31. The smallest absolute Gasteiger partial charge is 0.264 e. The first-order chi connectivity index (χ1) is 21.7. The zero-order valence-corrected chi connectivity index (χ0v) is 29.2. The zero-order chi connectivity index (χ0) is 33.6. The first kappa shape index (κ1) is 35.6. The highest BCUT2D eigenvalue weighted by Gasteiger charge is 2.36. The Kier molecular flexibility index (Phi) is 11.7. The van der Waals surface area contributed by atoms with E-state index in [0.717, 1.165) is 9.87 Å². The highest BCUT2D eigenvalue weighted by molar-refractivity contribution is 7.92. The van der Waals surface area contributed by atoms with Crippen molar-refractivity contribution in [3.8, 4) is 0 Å². The van der Waals surface area contributed by atoms with Crippen LogP contribution in [0.4, 0.5) is 5.69 Å². The van der Waals surface area contributed by atoms with Crippen molar-refractivity contribution in [2.45, 2.75) is 50.2 Å². The van der Waals surface area contributed by atoms with Crippen molar-refractivity contribution >= 4 is 73.9 Å². The molecule has 46 heavy (non-hydrogen) atoms. The van der Waals surface area contributed by atoms with Crippen LogP contribution in [0.5, 0.6) is 0 Å². The van der Waals surface area contributed by atoms with Crippen LogP contribution in [-0.4, -0.2) is 43.3 Å². The van der Waals surface area contributed by atoms with Crippen molar-refractivity contribution < 1.29 is 18.0 Å². The number of nitrogens with one attached hydrogen (secondary N) is 1. The minimum atomic E-state index is -4.34. The highest BCUT2D eigenvalue weighted by Crippen LogP contribution is 2.34. The van der Waals surface area contributed by atoms with Gasteiger partial charge < -0.3 is 10.2 Å². The number of halogens is 4. The molecule has 0 aliphatic carbocycles. The van der Waals surface area contributed by atoms with Crippen molar-refractivity contribution in [3.63, 3.8) is 0 Å². The monoisotopic (exact) mass is 719 g/mol. The molecule has 0 saturated heterocycles. The molecule has 12 heteroatoms. The average Bonchev–Trinajstić information content (AvgIpc) is 2.99. The highest BCUT2D eigenvalue weighted by atomic mass is 35.5. The molecule has 0 saturated carbocycles. The second-order valence-electron chi connectivity index (χ2n) is 11.6. The molecule has 0 heterocycles. The van der Waals surface area contributed by atoms with Gasteiger partial charge in [-0.3, -0.25) is 13.9 Å². The summed E-state index contributed by atoms with van der Waals surface area (Å²) in [6, 6.07) is 25.1. The van der Waals surface area contributed by atoms with Crippen LogP contribution in [0.1, 0.15) is 31.9 Å². The van der Waals surface area contributed by atoms with Crippen molar-refractivity contribution in [1.29, 1.82) is 0 Å². The molecule has 4 aromatic carbocycles. The predicted octanol–water partition coefficient (Wildman–Crippen LogP) is 8.05. The van der Waals surface area contributed by atoms with Crippen molar-refractivity contribution in [1.82, 2.24) is 10.2 Å². The Labute approximate surface area is 290 Å². The molecule has 0 fully saturated rings. The molecule has 1 atom stereocenters. The molecule has 0 aliphatic rings. The molecule has 7 nitrogen and oxygen atoms in total. The SMILES string of the molecule is CC(C)(C)NC(=O)C(Cc1ccccc1)N(Cc1c(Cl)cccc1Cl)C(=O)CN(c1ccc(Cl)cc1Cl)S(=O)(=O)c1ccccc1. The predicted molar refractivity (Wildman–Crippen MR) is 186 cm³/mol. The van der Waals surface area contributed by atoms with Gasteiger partial charge in [0.2, 0.25) is 11.8 Å². The summed E-state index contributed by atoms with van der Waals surface area (Å²) in [5.41, 5.74) is 0.595. The van der Waals surface area contributed by atoms with Crippen LogP contribution in [0.2, 0.25) is 20.1 Å². The van der Waals surface area contributed by atoms with Crippen LogP contribution in [0, 0.1) is 0 Å². The van der Waals surface area contributed by atoms with Crippen molar-refractivity contribution in [3.05, 3.63) is 128 Å². The summed E-state index contributed by atoms with van der Waals surface area (Å²) in [5.74, 6) is -1.12. The molecule has 1 N–H and O–H groups in total. The lowest BCUT2D eigenvalue weighted by Gasteiger charge is -2.35. The normalized spacial score (nSPS) is 12.3. The number of carbonyl (C=O) groups excluding carboxylic acids is 2. The molecule has 0 aromatic heterocycles. The van der Waals surface area contributed by atoms with Gasteiger partial charge in [0.15, 0.2) is 0 Å². The summed E-state index contributed by atoms with van der Waals surface area (Å²) in [6.45, 7) is 4.61. The molecule has 242 valence electrons. The zero-order valence-electron chi connectivity index (χ0n) is 25.4. The van der Waals surface area contributed by atoms with E-state index in [-0.39, 0.29) is 43.6 Å².